The zero-order valence-electron chi connectivity index (χ0n) is 12.1. The standard InChI is InChI=1S/C15H22N2O2.ClH/c1-11-6-7-12(16)9-14(11)15(18)17(2)10-13-5-3-4-8-19-13;/h6-7,9,13H,3-5,8,10,16H2,1-2H3;1H. The van der Waals surface area contributed by atoms with Crippen molar-refractivity contribution in [3.8, 4) is 0 Å². The molecule has 1 aliphatic rings. The van der Waals surface area contributed by atoms with Crippen molar-refractivity contribution in [2.24, 2.45) is 0 Å². The van der Waals surface area contributed by atoms with Crippen LogP contribution < -0.4 is 5.73 Å². The average Bonchev–Trinajstić information content (AvgIpc) is 2.42. The van der Waals surface area contributed by atoms with Gasteiger partial charge in [-0.15, -0.1) is 12.4 Å². The van der Waals surface area contributed by atoms with E-state index in [1.165, 1.54) is 6.42 Å². The monoisotopic (exact) mass is 298 g/mol. The molecule has 1 amide bonds. The Bertz CT molecular complexity index is 459. The first-order chi connectivity index (χ1) is 9.08. The van der Waals surface area contributed by atoms with Crippen molar-refractivity contribution < 1.29 is 9.53 Å². The van der Waals surface area contributed by atoms with Gasteiger partial charge in [-0.2, -0.15) is 0 Å². The Balaban J connectivity index is 0.00000200. The Labute approximate surface area is 126 Å². The highest BCUT2D eigenvalue weighted by Crippen LogP contribution is 2.17. The van der Waals surface area contributed by atoms with Crippen LogP contribution in [-0.4, -0.2) is 37.1 Å². The summed E-state index contributed by atoms with van der Waals surface area (Å²) in [6, 6.07) is 5.44. The molecule has 0 spiro atoms. The van der Waals surface area contributed by atoms with Gasteiger partial charge in [0, 0.05) is 31.5 Å². The van der Waals surface area contributed by atoms with E-state index in [2.05, 4.69) is 0 Å². The Kier molecular flexibility index (Phi) is 6.30. The number of hydrogen-bond donors (Lipinski definition) is 1. The lowest BCUT2D eigenvalue weighted by Crippen LogP contribution is -2.37. The van der Waals surface area contributed by atoms with Gasteiger partial charge in [-0.1, -0.05) is 6.07 Å². The molecule has 1 unspecified atom stereocenters. The number of carbonyl (C=O) groups is 1. The van der Waals surface area contributed by atoms with E-state index in [1.807, 2.05) is 26.1 Å². The van der Waals surface area contributed by atoms with Gasteiger partial charge in [0.25, 0.3) is 5.91 Å². The summed E-state index contributed by atoms with van der Waals surface area (Å²) < 4.78 is 5.67. The lowest BCUT2D eigenvalue weighted by molar-refractivity contribution is -0.000200. The highest BCUT2D eigenvalue weighted by atomic mass is 35.5. The molecule has 1 fully saturated rings. The summed E-state index contributed by atoms with van der Waals surface area (Å²) in [7, 11) is 1.82. The number of nitrogens with zero attached hydrogens (tertiary/aromatic N) is 1. The average molecular weight is 299 g/mol. The summed E-state index contributed by atoms with van der Waals surface area (Å²) in [5.41, 5.74) is 8.01. The molecule has 2 N–H and O–H groups in total. The van der Waals surface area contributed by atoms with Gasteiger partial charge in [-0.3, -0.25) is 4.79 Å². The van der Waals surface area contributed by atoms with Crippen molar-refractivity contribution in [3.63, 3.8) is 0 Å². The van der Waals surface area contributed by atoms with Crippen LogP contribution in [0.25, 0.3) is 0 Å². The summed E-state index contributed by atoms with van der Waals surface area (Å²) in [5, 5.41) is 0. The first kappa shape index (κ1) is 16.8. The molecule has 0 bridgehead atoms. The third-order valence-electron chi connectivity index (χ3n) is 3.59. The van der Waals surface area contributed by atoms with Crippen LogP contribution in [0.5, 0.6) is 0 Å². The van der Waals surface area contributed by atoms with E-state index in [0.29, 0.717) is 17.8 Å². The van der Waals surface area contributed by atoms with E-state index in [4.69, 9.17) is 10.5 Å². The summed E-state index contributed by atoms with van der Waals surface area (Å²) >= 11 is 0. The fraction of sp³-hybridized carbons (Fsp3) is 0.533. The lowest BCUT2D eigenvalue weighted by Gasteiger charge is -2.27. The molecule has 4 nitrogen and oxygen atoms in total. The van der Waals surface area contributed by atoms with E-state index in [1.54, 1.807) is 11.0 Å². The normalized spacial score (nSPS) is 18.2. The van der Waals surface area contributed by atoms with Crippen LogP contribution in [0.4, 0.5) is 5.69 Å². The zero-order valence-corrected chi connectivity index (χ0v) is 12.9. The second kappa shape index (κ2) is 7.50. The van der Waals surface area contributed by atoms with E-state index < -0.39 is 0 Å². The van der Waals surface area contributed by atoms with Gasteiger partial charge in [0.05, 0.1) is 6.10 Å². The van der Waals surface area contributed by atoms with E-state index in [0.717, 1.165) is 25.0 Å². The minimum absolute atomic E-state index is 0. The van der Waals surface area contributed by atoms with Crippen molar-refractivity contribution in [1.82, 2.24) is 4.90 Å². The summed E-state index contributed by atoms with van der Waals surface area (Å²) in [6.07, 6.45) is 3.52. The second-order valence-electron chi connectivity index (χ2n) is 5.25. The van der Waals surface area contributed by atoms with Crippen molar-refractivity contribution in [2.75, 3.05) is 25.9 Å². The molecule has 5 heteroatoms. The number of halogens is 1. The second-order valence-corrected chi connectivity index (χ2v) is 5.25. The molecule has 1 aromatic rings. The molecule has 20 heavy (non-hydrogen) atoms. The van der Waals surface area contributed by atoms with E-state index in [9.17, 15) is 4.79 Å². The summed E-state index contributed by atoms with van der Waals surface area (Å²) in [6.45, 7) is 3.38. The highest BCUT2D eigenvalue weighted by Gasteiger charge is 2.20. The number of nitrogen functional groups attached to an aromatic ring is 1. The van der Waals surface area contributed by atoms with Gasteiger partial charge in [0.1, 0.15) is 0 Å². The van der Waals surface area contributed by atoms with Gasteiger partial charge in [-0.25, -0.2) is 0 Å². The summed E-state index contributed by atoms with van der Waals surface area (Å²) in [5.74, 6) is 0.0129. The smallest absolute Gasteiger partial charge is 0.254 e. The van der Waals surface area contributed by atoms with Gasteiger partial charge in [0.2, 0.25) is 0 Å². The van der Waals surface area contributed by atoms with Crippen molar-refractivity contribution in [2.45, 2.75) is 32.3 Å². The Hall–Kier alpha value is -1.26. The van der Waals surface area contributed by atoms with Gasteiger partial charge in [-0.05, 0) is 43.9 Å². The first-order valence-corrected chi connectivity index (χ1v) is 6.81. The van der Waals surface area contributed by atoms with E-state index in [-0.39, 0.29) is 24.4 Å². The van der Waals surface area contributed by atoms with Gasteiger partial charge < -0.3 is 15.4 Å². The zero-order chi connectivity index (χ0) is 13.8. The number of likely N-dealkylation sites (N-methyl/N-ethyl adjacent to an activating group) is 1. The maximum absolute atomic E-state index is 12.4. The van der Waals surface area contributed by atoms with E-state index >= 15 is 0 Å². The number of rotatable bonds is 3. The molecule has 1 aliphatic heterocycles. The van der Waals surface area contributed by atoms with Crippen LogP contribution in [0, 0.1) is 6.92 Å². The molecule has 112 valence electrons. The number of ether oxygens (including phenoxy) is 1. The fourth-order valence-corrected chi connectivity index (χ4v) is 2.42. The molecule has 2 rings (SSSR count). The highest BCUT2D eigenvalue weighted by molar-refractivity contribution is 5.96. The predicted molar refractivity (Wildman–Crippen MR) is 83.4 cm³/mol. The first-order valence-electron chi connectivity index (χ1n) is 6.81. The molecule has 1 aromatic carbocycles. The lowest BCUT2D eigenvalue weighted by atomic mass is 10.1. The molecule has 0 radical (unpaired) electrons. The molecule has 1 atom stereocenters. The van der Waals surface area contributed by atoms with Crippen LogP contribution >= 0.6 is 12.4 Å². The fourth-order valence-electron chi connectivity index (χ4n) is 2.42. The number of anilines is 1. The number of hydrogen-bond acceptors (Lipinski definition) is 3. The van der Waals surface area contributed by atoms with Crippen molar-refractivity contribution in [3.05, 3.63) is 29.3 Å². The number of amides is 1. The van der Waals surface area contributed by atoms with Crippen LogP contribution in [0.2, 0.25) is 0 Å². The quantitative estimate of drug-likeness (QED) is 0.873. The number of carbonyl (C=O) groups excluding carboxylic acids is 1. The number of aryl methyl sites for hydroxylation is 1. The number of nitrogens with two attached hydrogens (primary N) is 1. The Morgan fingerprint density at radius 3 is 2.85 bits per heavy atom. The number of benzene rings is 1. The van der Waals surface area contributed by atoms with Crippen LogP contribution in [-0.2, 0) is 4.74 Å². The van der Waals surface area contributed by atoms with Crippen LogP contribution in [0.15, 0.2) is 18.2 Å². The molecule has 1 saturated heterocycles. The van der Waals surface area contributed by atoms with Crippen LogP contribution in [0.3, 0.4) is 0 Å². The Morgan fingerprint density at radius 1 is 1.45 bits per heavy atom. The molecule has 0 saturated carbocycles. The minimum Gasteiger partial charge on any atom is -0.399 e. The van der Waals surface area contributed by atoms with Gasteiger partial charge >= 0.3 is 0 Å². The predicted octanol–water partition coefficient (Wildman–Crippen LogP) is 2.64. The topological polar surface area (TPSA) is 55.6 Å². The minimum atomic E-state index is 0. The van der Waals surface area contributed by atoms with Gasteiger partial charge in [0.15, 0.2) is 0 Å². The van der Waals surface area contributed by atoms with Crippen molar-refractivity contribution >= 4 is 24.0 Å². The summed E-state index contributed by atoms with van der Waals surface area (Å²) in [4.78, 5) is 14.1. The third-order valence-corrected chi connectivity index (χ3v) is 3.59. The molecule has 0 aliphatic carbocycles. The molecule has 0 aromatic heterocycles. The maximum Gasteiger partial charge on any atom is 0.254 e. The van der Waals surface area contributed by atoms with Crippen molar-refractivity contribution in [1.29, 1.82) is 0 Å². The molecular formula is C15H23ClN2O2. The molecule has 1 heterocycles. The molecular weight excluding hydrogens is 276 g/mol. The third kappa shape index (κ3) is 4.12. The largest absolute Gasteiger partial charge is 0.399 e. The maximum atomic E-state index is 12.4. The Morgan fingerprint density at radius 2 is 2.20 bits per heavy atom. The van der Waals surface area contributed by atoms with Crippen LogP contribution in [0.1, 0.15) is 35.2 Å². The SMILES string of the molecule is Cc1ccc(N)cc1C(=O)N(C)CC1CCCCO1.Cl.